The standard InChI is InChI=1S/C23H21FN2O3/c1-3-12-26-20(18-13(2)25-17-7-5-4-6-16(17)18)19(22(28)23(26)29)21(27)14-8-10-15(24)11-9-14/h4-11,20,25,27H,3,12H2,1-2H3/b21-19+. The van der Waals surface area contributed by atoms with Crippen LogP contribution in [0, 0.1) is 12.7 Å². The maximum Gasteiger partial charge on any atom is 0.295 e. The summed E-state index contributed by atoms with van der Waals surface area (Å²) in [5.74, 6) is -2.10. The van der Waals surface area contributed by atoms with Gasteiger partial charge in [0, 0.05) is 34.3 Å². The van der Waals surface area contributed by atoms with Crippen LogP contribution in [0.25, 0.3) is 16.7 Å². The van der Waals surface area contributed by atoms with Crippen molar-refractivity contribution < 1.29 is 19.1 Å². The molecule has 2 heterocycles. The molecule has 0 saturated carbocycles. The number of hydrogen-bond acceptors (Lipinski definition) is 3. The minimum Gasteiger partial charge on any atom is -0.507 e. The molecule has 1 aliphatic heterocycles. The Labute approximate surface area is 167 Å². The van der Waals surface area contributed by atoms with E-state index in [0.29, 0.717) is 18.5 Å². The normalized spacial score (nSPS) is 18.7. The second-order valence-corrected chi connectivity index (χ2v) is 7.21. The molecule has 0 spiro atoms. The molecule has 2 N–H and O–H groups in total. The van der Waals surface area contributed by atoms with Crippen LogP contribution in [0.15, 0.2) is 54.1 Å². The number of benzene rings is 2. The van der Waals surface area contributed by atoms with Gasteiger partial charge in [-0.1, -0.05) is 25.1 Å². The lowest BCUT2D eigenvalue weighted by Gasteiger charge is -2.25. The van der Waals surface area contributed by atoms with E-state index >= 15 is 0 Å². The molecular formula is C23H21FN2O3. The topological polar surface area (TPSA) is 73.4 Å². The number of aryl methyl sites for hydroxylation is 1. The van der Waals surface area contributed by atoms with Gasteiger partial charge in [0.1, 0.15) is 11.6 Å². The number of carbonyl (C=O) groups is 2. The number of ketones is 1. The van der Waals surface area contributed by atoms with Crippen LogP contribution in [-0.4, -0.2) is 33.2 Å². The van der Waals surface area contributed by atoms with Crippen molar-refractivity contribution >= 4 is 28.4 Å². The highest BCUT2D eigenvalue weighted by Gasteiger charge is 2.47. The number of hydrogen-bond donors (Lipinski definition) is 2. The number of fused-ring (bicyclic) bond motifs is 1. The highest BCUT2D eigenvalue weighted by Crippen LogP contribution is 2.43. The minimum atomic E-state index is -0.727. The predicted octanol–water partition coefficient (Wildman–Crippen LogP) is 4.45. The fraction of sp³-hybridized carbons (Fsp3) is 0.217. The van der Waals surface area contributed by atoms with Crippen molar-refractivity contribution in [2.24, 2.45) is 0 Å². The van der Waals surface area contributed by atoms with Crippen LogP contribution < -0.4 is 0 Å². The van der Waals surface area contributed by atoms with Crippen molar-refractivity contribution in [3.05, 3.63) is 76.7 Å². The summed E-state index contributed by atoms with van der Waals surface area (Å²) in [6.07, 6.45) is 0.668. The number of carbonyl (C=O) groups excluding carboxylic acids is 2. The number of aromatic nitrogens is 1. The summed E-state index contributed by atoms with van der Waals surface area (Å²) in [6, 6.07) is 12.2. The number of likely N-dealkylation sites (tertiary alicyclic amines) is 1. The van der Waals surface area contributed by atoms with E-state index in [1.54, 1.807) is 0 Å². The Bertz CT molecular complexity index is 1140. The molecule has 3 aromatic rings. The van der Waals surface area contributed by atoms with Gasteiger partial charge in [0.05, 0.1) is 11.6 Å². The summed E-state index contributed by atoms with van der Waals surface area (Å²) in [7, 11) is 0. The molecule has 6 heteroatoms. The molecule has 4 rings (SSSR count). The zero-order chi connectivity index (χ0) is 20.7. The molecule has 0 aliphatic carbocycles. The van der Waals surface area contributed by atoms with Gasteiger partial charge in [-0.25, -0.2) is 4.39 Å². The molecule has 1 unspecified atom stereocenters. The van der Waals surface area contributed by atoms with Crippen LogP contribution in [0.2, 0.25) is 0 Å². The molecule has 1 saturated heterocycles. The number of halogens is 1. The summed E-state index contributed by atoms with van der Waals surface area (Å²) < 4.78 is 13.3. The number of aliphatic hydroxyl groups excluding tert-OH is 1. The van der Waals surface area contributed by atoms with E-state index in [0.717, 1.165) is 22.2 Å². The highest BCUT2D eigenvalue weighted by atomic mass is 19.1. The molecule has 0 bridgehead atoms. The number of H-pyrrole nitrogens is 1. The summed E-state index contributed by atoms with van der Waals surface area (Å²) in [4.78, 5) is 30.6. The Hall–Kier alpha value is -3.41. The second-order valence-electron chi connectivity index (χ2n) is 7.21. The number of nitrogens with zero attached hydrogens (tertiary/aromatic N) is 1. The van der Waals surface area contributed by atoms with E-state index in [1.807, 2.05) is 38.1 Å². The maximum absolute atomic E-state index is 13.3. The number of aromatic amines is 1. The minimum absolute atomic E-state index is 0.0305. The fourth-order valence-corrected chi connectivity index (χ4v) is 4.07. The molecule has 1 atom stereocenters. The van der Waals surface area contributed by atoms with Crippen molar-refractivity contribution in [1.82, 2.24) is 9.88 Å². The lowest BCUT2D eigenvalue weighted by atomic mass is 9.93. The van der Waals surface area contributed by atoms with Gasteiger partial charge >= 0.3 is 0 Å². The summed E-state index contributed by atoms with van der Waals surface area (Å²) >= 11 is 0. The third kappa shape index (κ3) is 3.01. The molecular weight excluding hydrogens is 371 g/mol. The van der Waals surface area contributed by atoms with Gasteiger partial charge in [-0.3, -0.25) is 9.59 Å². The van der Waals surface area contributed by atoms with Gasteiger partial charge in [0.15, 0.2) is 0 Å². The summed E-state index contributed by atoms with van der Waals surface area (Å²) in [5.41, 5.74) is 2.83. The number of para-hydroxylation sites is 1. The Balaban J connectivity index is 1.98. The van der Waals surface area contributed by atoms with Crippen molar-refractivity contribution in [2.75, 3.05) is 6.54 Å². The SMILES string of the molecule is CCCN1C(=O)C(=O)/C(=C(/O)c2ccc(F)cc2)C1c1c(C)[nH]c2ccccc12. The van der Waals surface area contributed by atoms with Crippen LogP contribution in [0.1, 0.15) is 36.2 Å². The second kappa shape index (κ2) is 7.20. The molecule has 148 valence electrons. The van der Waals surface area contributed by atoms with Gasteiger partial charge < -0.3 is 15.0 Å². The molecule has 29 heavy (non-hydrogen) atoms. The fourth-order valence-electron chi connectivity index (χ4n) is 4.07. The van der Waals surface area contributed by atoms with Crippen LogP contribution in [0.3, 0.4) is 0 Å². The van der Waals surface area contributed by atoms with E-state index in [1.165, 1.54) is 29.2 Å². The third-order valence-electron chi connectivity index (χ3n) is 5.34. The van der Waals surface area contributed by atoms with Gasteiger partial charge in [0.2, 0.25) is 0 Å². The van der Waals surface area contributed by atoms with E-state index in [9.17, 15) is 19.1 Å². The molecule has 0 radical (unpaired) electrons. The van der Waals surface area contributed by atoms with Gasteiger partial charge in [-0.05, 0) is 43.7 Å². The van der Waals surface area contributed by atoms with Crippen molar-refractivity contribution in [2.45, 2.75) is 26.3 Å². The number of Topliss-reactive ketones (excluding diaryl/α,β-unsaturated/α-hetero) is 1. The number of rotatable bonds is 4. The largest absolute Gasteiger partial charge is 0.507 e. The van der Waals surface area contributed by atoms with Crippen LogP contribution in [-0.2, 0) is 9.59 Å². The van der Waals surface area contributed by atoms with Crippen LogP contribution in [0.5, 0.6) is 0 Å². The number of amides is 1. The first-order chi connectivity index (χ1) is 13.9. The van der Waals surface area contributed by atoms with Gasteiger partial charge in [0.25, 0.3) is 11.7 Å². The Kier molecular flexibility index (Phi) is 4.70. The first kappa shape index (κ1) is 18.9. The van der Waals surface area contributed by atoms with Crippen molar-refractivity contribution in [1.29, 1.82) is 0 Å². The average molecular weight is 392 g/mol. The molecule has 5 nitrogen and oxygen atoms in total. The number of nitrogens with one attached hydrogen (secondary N) is 1. The molecule has 2 aromatic carbocycles. The zero-order valence-electron chi connectivity index (χ0n) is 16.2. The van der Waals surface area contributed by atoms with E-state index in [-0.39, 0.29) is 11.3 Å². The zero-order valence-corrected chi connectivity index (χ0v) is 16.2. The van der Waals surface area contributed by atoms with E-state index in [4.69, 9.17) is 0 Å². The Morgan fingerprint density at radius 1 is 1.14 bits per heavy atom. The summed E-state index contributed by atoms with van der Waals surface area (Å²) in [5, 5.41) is 11.9. The summed E-state index contributed by atoms with van der Waals surface area (Å²) in [6.45, 7) is 4.20. The highest BCUT2D eigenvalue weighted by molar-refractivity contribution is 6.46. The molecule has 1 aromatic heterocycles. The predicted molar refractivity (Wildman–Crippen MR) is 109 cm³/mol. The molecule has 1 aliphatic rings. The lowest BCUT2D eigenvalue weighted by molar-refractivity contribution is -0.139. The van der Waals surface area contributed by atoms with Gasteiger partial charge in [-0.15, -0.1) is 0 Å². The monoisotopic (exact) mass is 392 g/mol. The average Bonchev–Trinajstić information content (AvgIpc) is 3.16. The van der Waals surface area contributed by atoms with Gasteiger partial charge in [-0.2, -0.15) is 0 Å². The maximum atomic E-state index is 13.3. The van der Waals surface area contributed by atoms with Crippen LogP contribution in [0.4, 0.5) is 4.39 Å². The van der Waals surface area contributed by atoms with Crippen LogP contribution >= 0.6 is 0 Å². The third-order valence-corrected chi connectivity index (χ3v) is 5.34. The molecule has 1 fully saturated rings. The first-order valence-electron chi connectivity index (χ1n) is 9.55. The molecule has 1 amide bonds. The van der Waals surface area contributed by atoms with Crippen molar-refractivity contribution in [3.63, 3.8) is 0 Å². The van der Waals surface area contributed by atoms with E-state index in [2.05, 4.69) is 4.98 Å². The Morgan fingerprint density at radius 2 is 1.83 bits per heavy atom. The van der Waals surface area contributed by atoms with Crippen molar-refractivity contribution in [3.8, 4) is 0 Å². The lowest BCUT2D eigenvalue weighted by Crippen LogP contribution is -2.30. The number of aliphatic hydroxyl groups is 1. The van der Waals surface area contributed by atoms with E-state index < -0.39 is 23.5 Å². The Morgan fingerprint density at radius 3 is 2.52 bits per heavy atom. The quantitative estimate of drug-likeness (QED) is 0.391. The first-order valence-corrected chi connectivity index (χ1v) is 9.55. The smallest absolute Gasteiger partial charge is 0.295 e.